The van der Waals surface area contributed by atoms with Crippen LogP contribution in [0.3, 0.4) is 0 Å². The Hall–Kier alpha value is -3.81. The van der Waals surface area contributed by atoms with Crippen molar-refractivity contribution >= 4 is 34.1 Å². The summed E-state index contributed by atoms with van der Waals surface area (Å²) in [6.07, 6.45) is 0.604. The fraction of sp³-hybridized carbons (Fsp3) is 0.143. The zero-order chi connectivity index (χ0) is 22.9. The highest BCUT2D eigenvalue weighted by Gasteiger charge is 2.22. The van der Waals surface area contributed by atoms with Gasteiger partial charge in [0.2, 0.25) is 0 Å². The number of imidazole rings is 1. The first-order valence-corrected chi connectivity index (χ1v) is 11.3. The van der Waals surface area contributed by atoms with Gasteiger partial charge in [-0.05, 0) is 48.7 Å². The predicted molar refractivity (Wildman–Crippen MR) is 135 cm³/mol. The molecule has 0 bridgehead atoms. The van der Waals surface area contributed by atoms with Gasteiger partial charge < -0.3 is 5.32 Å². The minimum Gasteiger partial charge on any atom is -0.364 e. The van der Waals surface area contributed by atoms with E-state index in [1.807, 2.05) is 73.7 Å². The van der Waals surface area contributed by atoms with Gasteiger partial charge in [0, 0.05) is 23.0 Å². The molecule has 1 atom stereocenters. The lowest BCUT2D eigenvalue weighted by Crippen LogP contribution is -2.15. The number of nitrogens with zero attached hydrogens (tertiary/aromatic N) is 3. The van der Waals surface area contributed by atoms with Gasteiger partial charge in [-0.2, -0.15) is 5.26 Å². The van der Waals surface area contributed by atoms with E-state index in [0.29, 0.717) is 22.7 Å². The van der Waals surface area contributed by atoms with E-state index in [-0.39, 0.29) is 6.04 Å². The number of halogens is 1. The number of pyridine rings is 1. The van der Waals surface area contributed by atoms with Crippen LogP contribution in [0.15, 0.2) is 78.9 Å². The number of anilines is 1. The van der Waals surface area contributed by atoms with E-state index in [9.17, 15) is 5.26 Å². The van der Waals surface area contributed by atoms with Gasteiger partial charge in [0.25, 0.3) is 0 Å². The highest BCUT2D eigenvalue weighted by molar-refractivity contribution is 6.31. The molecule has 2 aromatic heterocycles. The molecule has 5 heteroatoms. The maximum atomic E-state index is 10.1. The first-order chi connectivity index (χ1) is 16.1. The van der Waals surface area contributed by atoms with Crippen molar-refractivity contribution in [3.63, 3.8) is 0 Å². The number of fused-ring (bicyclic) bond motifs is 3. The summed E-state index contributed by atoms with van der Waals surface area (Å²) in [5.74, 6) is 0.937. The lowest BCUT2D eigenvalue weighted by atomic mass is 9.97. The lowest BCUT2D eigenvalue weighted by molar-refractivity contribution is 0.862. The Morgan fingerprint density at radius 1 is 1.00 bits per heavy atom. The first kappa shape index (κ1) is 21.1. The molecule has 5 rings (SSSR count). The number of rotatable bonds is 5. The summed E-state index contributed by atoms with van der Waals surface area (Å²) in [7, 11) is 0. The minimum absolute atomic E-state index is 0.0490. The van der Waals surface area contributed by atoms with E-state index in [4.69, 9.17) is 16.6 Å². The zero-order valence-electron chi connectivity index (χ0n) is 18.5. The van der Waals surface area contributed by atoms with Gasteiger partial charge in [-0.15, -0.1) is 0 Å². The van der Waals surface area contributed by atoms with E-state index < -0.39 is 0 Å². The Morgan fingerprint density at radius 3 is 2.45 bits per heavy atom. The molecule has 0 spiro atoms. The number of hydrogen-bond acceptors (Lipinski definition) is 3. The number of para-hydroxylation sites is 2. The van der Waals surface area contributed by atoms with Crippen LogP contribution in [0.1, 0.15) is 40.8 Å². The Kier molecular flexibility index (Phi) is 5.50. The van der Waals surface area contributed by atoms with Crippen molar-refractivity contribution in [3.05, 3.63) is 112 Å². The molecule has 0 amide bonds. The Morgan fingerprint density at radius 2 is 1.70 bits per heavy atom. The predicted octanol–water partition coefficient (Wildman–Crippen LogP) is 7.08. The van der Waals surface area contributed by atoms with Crippen LogP contribution in [-0.4, -0.2) is 9.38 Å². The molecule has 3 aromatic carbocycles. The molecule has 162 valence electrons. The SMILES string of the molecule is Cc1c(Cc2ccccc2Cl)c(N[C@H](C)c2ccccc2)n2c(nc3ccccc32)c1C#N. The molecule has 0 fully saturated rings. The Bertz CT molecular complexity index is 1510. The third-order valence-corrected chi connectivity index (χ3v) is 6.58. The second-order valence-corrected chi connectivity index (χ2v) is 8.65. The van der Waals surface area contributed by atoms with E-state index in [2.05, 4.69) is 34.8 Å². The van der Waals surface area contributed by atoms with Gasteiger partial charge >= 0.3 is 0 Å². The van der Waals surface area contributed by atoms with Gasteiger partial charge in [-0.25, -0.2) is 4.98 Å². The largest absolute Gasteiger partial charge is 0.364 e. The van der Waals surface area contributed by atoms with Crippen LogP contribution in [0.25, 0.3) is 16.7 Å². The van der Waals surface area contributed by atoms with E-state index in [1.165, 1.54) is 5.56 Å². The number of nitrogens with one attached hydrogen (secondary N) is 1. The summed E-state index contributed by atoms with van der Waals surface area (Å²) in [6.45, 7) is 4.15. The Labute approximate surface area is 198 Å². The van der Waals surface area contributed by atoms with Gasteiger partial charge in [0.15, 0.2) is 5.65 Å². The molecule has 0 saturated heterocycles. The summed E-state index contributed by atoms with van der Waals surface area (Å²) in [5, 5.41) is 14.6. The molecular weight excluding hydrogens is 428 g/mol. The van der Waals surface area contributed by atoms with Crippen LogP contribution >= 0.6 is 11.6 Å². The van der Waals surface area contributed by atoms with Gasteiger partial charge in [-0.1, -0.05) is 72.3 Å². The van der Waals surface area contributed by atoms with Crippen molar-refractivity contribution in [1.29, 1.82) is 5.26 Å². The van der Waals surface area contributed by atoms with Crippen LogP contribution in [0, 0.1) is 18.3 Å². The maximum Gasteiger partial charge on any atom is 0.157 e. The molecule has 1 N–H and O–H groups in total. The van der Waals surface area contributed by atoms with E-state index >= 15 is 0 Å². The molecule has 5 aromatic rings. The van der Waals surface area contributed by atoms with Gasteiger partial charge in [-0.3, -0.25) is 4.40 Å². The second kappa shape index (κ2) is 8.61. The van der Waals surface area contributed by atoms with E-state index in [0.717, 1.165) is 33.5 Å². The van der Waals surface area contributed by atoms with Gasteiger partial charge in [0.05, 0.1) is 16.6 Å². The van der Waals surface area contributed by atoms with Crippen molar-refractivity contribution in [2.75, 3.05) is 5.32 Å². The average molecular weight is 451 g/mol. The highest BCUT2D eigenvalue weighted by atomic mass is 35.5. The normalized spacial score (nSPS) is 12.1. The monoisotopic (exact) mass is 450 g/mol. The van der Waals surface area contributed by atoms with Crippen LogP contribution in [0.5, 0.6) is 0 Å². The molecule has 4 nitrogen and oxygen atoms in total. The fourth-order valence-corrected chi connectivity index (χ4v) is 4.62. The summed E-state index contributed by atoms with van der Waals surface area (Å²) < 4.78 is 2.09. The molecule has 0 unspecified atom stereocenters. The van der Waals surface area contributed by atoms with Crippen LogP contribution in [0.2, 0.25) is 5.02 Å². The summed E-state index contributed by atoms with van der Waals surface area (Å²) in [5.41, 5.74) is 7.24. The van der Waals surface area contributed by atoms with Crippen molar-refractivity contribution in [1.82, 2.24) is 9.38 Å². The average Bonchev–Trinajstić information content (AvgIpc) is 3.22. The third-order valence-electron chi connectivity index (χ3n) is 6.21. The minimum atomic E-state index is 0.0490. The summed E-state index contributed by atoms with van der Waals surface area (Å²) in [4.78, 5) is 4.83. The molecule has 0 aliphatic carbocycles. The van der Waals surface area contributed by atoms with Crippen molar-refractivity contribution in [2.45, 2.75) is 26.3 Å². The van der Waals surface area contributed by atoms with Crippen molar-refractivity contribution < 1.29 is 0 Å². The molecule has 0 radical (unpaired) electrons. The Balaban J connectivity index is 1.80. The summed E-state index contributed by atoms with van der Waals surface area (Å²) in [6, 6.07) is 28.7. The van der Waals surface area contributed by atoms with Crippen LogP contribution in [0.4, 0.5) is 5.82 Å². The molecule has 0 aliphatic rings. The quantitative estimate of drug-likeness (QED) is 0.311. The highest BCUT2D eigenvalue weighted by Crippen LogP contribution is 2.35. The number of nitriles is 1. The molecule has 2 heterocycles. The molecule has 33 heavy (non-hydrogen) atoms. The maximum absolute atomic E-state index is 10.1. The smallest absolute Gasteiger partial charge is 0.157 e. The van der Waals surface area contributed by atoms with Crippen LogP contribution < -0.4 is 5.32 Å². The standard InChI is InChI=1S/C28H23ClN4/c1-18-22(16-21-12-6-7-13-24(21)29)27(31-19(2)20-10-4-3-5-11-20)33-26-15-9-8-14-25(26)32-28(33)23(18)17-30/h3-15,19,31H,16H2,1-2H3/t19-/m1/s1. The van der Waals surface area contributed by atoms with Crippen LogP contribution in [-0.2, 0) is 6.42 Å². The lowest BCUT2D eigenvalue weighted by Gasteiger charge is -2.23. The summed E-state index contributed by atoms with van der Waals surface area (Å²) >= 11 is 6.54. The number of hydrogen-bond donors (Lipinski definition) is 1. The fourth-order valence-electron chi connectivity index (χ4n) is 4.42. The van der Waals surface area contributed by atoms with Gasteiger partial charge in [0.1, 0.15) is 11.9 Å². The molecule has 0 aliphatic heterocycles. The second-order valence-electron chi connectivity index (χ2n) is 8.24. The number of benzene rings is 3. The number of aromatic nitrogens is 2. The van der Waals surface area contributed by atoms with E-state index in [1.54, 1.807) is 0 Å². The molecular formula is C28H23ClN4. The zero-order valence-corrected chi connectivity index (χ0v) is 19.3. The third kappa shape index (κ3) is 3.71. The van der Waals surface area contributed by atoms with Crippen molar-refractivity contribution in [2.24, 2.45) is 0 Å². The first-order valence-electron chi connectivity index (χ1n) is 11.0. The topological polar surface area (TPSA) is 53.1 Å². The molecule has 0 saturated carbocycles. The van der Waals surface area contributed by atoms with Crippen molar-refractivity contribution in [3.8, 4) is 6.07 Å².